The third-order valence-electron chi connectivity index (χ3n) is 5.77. The van der Waals surface area contributed by atoms with E-state index in [1.54, 1.807) is 29.2 Å². The van der Waals surface area contributed by atoms with Crippen LogP contribution < -0.4 is 10.6 Å². The van der Waals surface area contributed by atoms with Crippen molar-refractivity contribution in [2.45, 2.75) is 27.0 Å². The molecule has 0 spiro atoms. The van der Waals surface area contributed by atoms with Crippen molar-refractivity contribution in [3.05, 3.63) is 124 Å². The SMILES string of the molecule is Cc1cc(C(=O)N(Cc2ccc(C(N)=NC(=O)OCc3ccccc3)cc2)c2ccc(Cl)cc2)c(C)[nH]1. The normalized spacial score (nSPS) is 11.3. The topological polar surface area (TPSA) is 101 Å². The lowest BCUT2D eigenvalue weighted by molar-refractivity contribution is 0.0984. The van der Waals surface area contributed by atoms with Crippen molar-refractivity contribution in [1.82, 2.24) is 4.98 Å². The van der Waals surface area contributed by atoms with Crippen molar-refractivity contribution < 1.29 is 14.3 Å². The molecular weight excluding hydrogens is 488 g/mol. The fourth-order valence-electron chi connectivity index (χ4n) is 3.87. The van der Waals surface area contributed by atoms with Crippen LogP contribution in [-0.2, 0) is 17.9 Å². The molecule has 0 unspecified atom stereocenters. The van der Waals surface area contributed by atoms with Crippen molar-refractivity contribution in [3.63, 3.8) is 0 Å². The lowest BCUT2D eigenvalue weighted by atomic mass is 10.1. The van der Waals surface area contributed by atoms with Crippen LogP contribution in [0.3, 0.4) is 0 Å². The summed E-state index contributed by atoms with van der Waals surface area (Å²) < 4.78 is 5.17. The summed E-state index contributed by atoms with van der Waals surface area (Å²) in [5.41, 5.74) is 11.4. The number of anilines is 1. The number of amides is 2. The quantitative estimate of drug-likeness (QED) is 0.227. The Labute approximate surface area is 220 Å². The standard InChI is InChI=1S/C29H27ClN4O3/c1-19-16-26(20(2)32-19)28(35)34(25-14-12-24(30)13-15-25)17-21-8-10-23(11-9-21)27(31)33-29(36)37-18-22-6-4-3-5-7-22/h3-16,32H,17-18H2,1-2H3,(H2,31,33,36). The van der Waals surface area contributed by atoms with Crippen LogP contribution in [0.1, 0.15) is 38.4 Å². The number of carbonyl (C=O) groups is 2. The van der Waals surface area contributed by atoms with E-state index in [0.29, 0.717) is 22.7 Å². The van der Waals surface area contributed by atoms with Crippen molar-refractivity contribution in [3.8, 4) is 0 Å². The summed E-state index contributed by atoms with van der Waals surface area (Å²) in [6, 6.07) is 25.5. The van der Waals surface area contributed by atoms with Crippen molar-refractivity contribution in [2.75, 3.05) is 4.90 Å². The zero-order chi connectivity index (χ0) is 26.4. The predicted octanol–water partition coefficient (Wildman–Crippen LogP) is 6.17. The van der Waals surface area contributed by atoms with E-state index in [1.165, 1.54) is 0 Å². The second kappa shape index (κ2) is 11.6. The molecule has 188 valence electrons. The highest BCUT2D eigenvalue weighted by Crippen LogP contribution is 2.24. The second-order valence-electron chi connectivity index (χ2n) is 8.59. The molecule has 0 bridgehead atoms. The first-order valence-electron chi connectivity index (χ1n) is 11.7. The number of benzene rings is 3. The summed E-state index contributed by atoms with van der Waals surface area (Å²) in [6.45, 7) is 4.23. The molecule has 4 rings (SSSR count). The van der Waals surface area contributed by atoms with Crippen molar-refractivity contribution in [2.24, 2.45) is 10.7 Å². The molecule has 37 heavy (non-hydrogen) atoms. The molecule has 2 amide bonds. The molecule has 1 heterocycles. The van der Waals surface area contributed by atoms with Crippen LogP contribution in [0, 0.1) is 13.8 Å². The van der Waals surface area contributed by atoms with E-state index >= 15 is 0 Å². The summed E-state index contributed by atoms with van der Waals surface area (Å²) in [4.78, 5) is 34.3. The Balaban J connectivity index is 1.49. The number of carbonyl (C=O) groups excluding carboxylic acids is 2. The van der Waals surface area contributed by atoms with E-state index in [0.717, 1.165) is 28.2 Å². The molecule has 3 N–H and O–H groups in total. The van der Waals surface area contributed by atoms with Gasteiger partial charge in [-0.2, -0.15) is 4.99 Å². The number of nitrogens with one attached hydrogen (secondary N) is 1. The zero-order valence-electron chi connectivity index (χ0n) is 20.6. The van der Waals surface area contributed by atoms with E-state index in [4.69, 9.17) is 22.1 Å². The highest BCUT2D eigenvalue weighted by molar-refractivity contribution is 6.30. The maximum Gasteiger partial charge on any atom is 0.435 e. The minimum atomic E-state index is -0.762. The minimum absolute atomic E-state index is 0.0497. The largest absolute Gasteiger partial charge is 0.443 e. The first-order chi connectivity index (χ1) is 17.8. The highest BCUT2D eigenvalue weighted by atomic mass is 35.5. The van der Waals surface area contributed by atoms with E-state index in [1.807, 2.05) is 74.5 Å². The summed E-state index contributed by atoms with van der Waals surface area (Å²) in [7, 11) is 0. The Morgan fingerprint density at radius 3 is 2.24 bits per heavy atom. The number of hydrogen-bond acceptors (Lipinski definition) is 3. The number of aryl methyl sites for hydroxylation is 2. The van der Waals surface area contributed by atoms with Gasteiger partial charge in [-0.15, -0.1) is 0 Å². The average molecular weight is 515 g/mol. The molecule has 0 fully saturated rings. The van der Waals surface area contributed by atoms with Gasteiger partial charge in [0.2, 0.25) is 0 Å². The number of rotatable bonds is 7. The number of aromatic amines is 1. The van der Waals surface area contributed by atoms with Crippen LogP contribution >= 0.6 is 11.6 Å². The fourth-order valence-corrected chi connectivity index (χ4v) is 4.00. The first kappa shape index (κ1) is 25.7. The molecule has 0 aliphatic carbocycles. The van der Waals surface area contributed by atoms with Gasteiger partial charge in [0.15, 0.2) is 0 Å². The number of ether oxygens (including phenoxy) is 1. The van der Waals surface area contributed by atoms with Gasteiger partial charge in [-0.05, 0) is 55.3 Å². The van der Waals surface area contributed by atoms with E-state index < -0.39 is 6.09 Å². The summed E-state index contributed by atoms with van der Waals surface area (Å²) in [5, 5.41) is 0.589. The van der Waals surface area contributed by atoms with Gasteiger partial charge in [0.05, 0.1) is 12.1 Å². The summed E-state index contributed by atoms with van der Waals surface area (Å²) in [5.74, 6) is -0.0795. The predicted molar refractivity (Wildman–Crippen MR) is 146 cm³/mol. The maximum atomic E-state index is 13.5. The van der Waals surface area contributed by atoms with Gasteiger partial charge in [-0.3, -0.25) is 4.79 Å². The second-order valence-corrected chi connectivity index (χ2v) is 9.03. The third-order valence-corrected chi connectivity index (χ3v) is 6.02. The van der Waals surface area contributed by atoms with Gasteiger partial charge in [-0.25, -0.2) is 4.79 Å². The smallest absolute Gasteiger partial charge is 0.435 e. The van der Waals surface area contributed by atoms with Gasteiger partial charge in [0.25, 0.3) is 5.91 Å². The zero-order valence-corrected chi connectivity index (χ0v) is 21.3. The number of H-pyrrole nitrogens is 1. The lowest BCUT2D eigenvalue weighted by Crippen LogP contribution is -2.30. The molecule has 7 nitrogen and oxygen atoms in total. The molecule has 8 heteroatoms. The number of aliphatic imine (C=N–C) groups is 1. The van der Waals surface area contributed by atoms with Gasteiger partial charge in [0.1, 0.15) is 12.4 Å². The highest BCUT2D eigenvalue weighted by Gasteiger charge is 2.21. The Bertz CT molecular complexity index is 1410. The van der Waals surface area contributed by atoms with Crippen LogP contribution in [0.4, 0.5) is 10.5 Å². The van der Waals surface area contributed by atoms with E-state index in [9.17, 15) is 9.59 Å². The molecule has 0 saturated carbocycles. The molecule has 3 aromatic carbocycles. The Hall–Kier alpha value is -4.36. The van der Waals surface area contributed by atoms with Crippen LogP contribution in [-0.4, -0.2) is 22.8 Å². The molecule has 1 aromatic heterocycles. The lowest BCUT2D eigenvalue weighted by Gasteiger charge is -2.23. The molecule has 4 aromatic rings. The third kappa shape index (κ3) is 6.65. The maximum absolute atomic E-state index is 13.5. The monoisotopic (exact) mass is 514 g/mol. The number of nitrogens with two attached hydrogens (primary N) is 1. The van der Waals surface area contributed by atoms with Crippen LogP contribution in [0.5, 0.6) is 0 Å². The fraction of sp³-hybridized carbons (Fsp3) is 0.138. The summed E-state index contributed by atoms with van der Waals surface area (Å²) >= 11 is 6.07. The Morgan fingerprint density at radius 2 is 1.62 bits per heavy atom. The number of amidine groups is 1. The van der Waals surface area contributed by atoms with Gasteiger partial charge in [-0.1, -0.05) is 66.2 Å². The molecule has 0 aliphatic rings. The first-order valence-corrected chi connectivity index (χ1v) is 12.1. The van der Waals surface area contributed by atoms with Crippen LogP contribution in [0.25, 0.3) is 0 Å². The number of halogens is 1. The van der Waals surface area contributed by atoms with Gasteiger partial charge >= 0.3 is 6.09 Å². The minimum Gasteiger partial charge on any atom is -0.443 e. The van der Waals surface area contributed by atoms with Crippen LogP contribution in [0.2, 0.25) is 5.02 Å². The Morgan fingerprint density at radius 1 is 0.946 bits per heavy atom. The number of hydrogen-bond donors (Lipinski definition) is 2. The van der Waals surface area contributed by atoms with Crippen molar-refractivity contribution >= 4 is 35.1 Å². The van der Waals surface area contributed by atoms with E-state index in [-0.39, 0.29) is 18.3 Å². The van der Waals surface area contributed by atoms with Gasteiger partial charge < -0.3 is 20.4 Å². The molecule has 0 aliphatic heterocycles. The van der Waals surface area contributed by atoms with Crippen molar-refractivity contribution in [1.29, 1.82) is 0 Å². The molecule has 0 saturated heterocycles. The molecule has 0 radical (unpaired) electrons. The number of nitrogens with zero attached hydrogens (tertiary/aromatic N) is 2. The van der Waals surface area contributed by atoms with E-state index in [2.05, 4.69) is 9.98 Å². The molecular formula is C29H27ClN4O3. The Kier molecular flexibility index (Phi) is 8.05. The van der Waals surface area contributed by atoms with Crippen LogP contribution in [0.15, 0.2) is 89.9 Å². The van der Waals surface area contributed by atoms with Gasteiger partial charge in [0, 0.05) is 27.7 Å². The molecule has 0 atom stereocenters. The number of aromatic nitrogens is 1. The summed E-state index contributed by atoms with van der Waals surface area (Å²) in [6.07, 6.45) is -0.762. The average Bonchev–Trinajstić information content (AvgIpc) is 3.25.